The number of aromatic amines is 1. The van der Waals surface area contributed by atoms with Crippen LogP contribution in [-0.2, 0) is 16.6 Å². The Balaban J connectivity index is 1.39. The average molecular weight is 472 g/mol. The van der Waals surface area contributed by atoms with Gasteiger partial charge in [0.15, 0.2) is 0 Å². The molecular formula is C30H25N5O. The predicted molar refractivity (Wildman–Crippen MR) is 140 cm³/mol. The van der Waals surface area contributed by atoms with Gasteiger partial charge >= 0.3 is 0 Å². The highest BCUT2D eigenvalue weighted by Gasteiger charge is 2.29. The molecule has 1 aliphatic carbocycles. The van der Waals surface area contributed by atoms with Crippen molar-refractivity contribution in [3.8, 4) is 28.5 Å². The number of fused-ring (bicyclic) bond motifs is 3. The summed E-state index contributed by atoms with van der Waals surface area (Å²) in [6.45, 7) is 3.83. The van der Waals surface area contributed by atoms with E-state index in [9.17, 15) is 10.1 Å². The maximum atomic E-state index is 12.1. The highest BCUT2D eigenvalue weighted by Crippen LogP contribution is 2.35. The molecule has 0 radical (unpaired) electrons. The Morgan fingerprint density at radius 2 is 1.75 bits per heavy atom. The van der Waals surface area contributed by atoms with E-state index in [0.717, 1.165) is 68.3 Å². The number of nitriles is 1. The number of carbonyl (C=O) groups excluding carboxylic acids is 1. The van der Waals surface area contributed by atoms with Gasteiger partial charge in [-0.3, -0.25) is 19.9 Å². The Morgan fingerprint density at radius 1 is 1.00 bits per heavy atom. The molecule has 0 saturated heterocycles. The number of Topliss-reactive ketones (excluding diaryl/α,β-unsaturated/α-hetero) is 1. The van der Waals surface area contributed by atoms with E-state index in [1.54, 1.807) is 0 Å². The largest absolute Gasteiger partial charge is 0.299 e. The number of hydrogen-bond donors (Lipinski definition) is 1. The van der Waals surface area contributed by atoms with Crippen LogP contribution in [0.3, 0.4) is 0 Å². The lowest BCUT2D eigenvalue weighted by Crippen LogP contribution is -2.13. The van der Waals surface area contributed by atoms with Gasteiger partial charge in [-0.2, -0.15) is 10.4 Å². The third-order valence-corrected chi connectivity index (χ3v) is 7.10. The molecule has 0 atom stereocenters. The van der Waals surface area contributed by atoms with Crippen molar-refractivity contribution in [2.24, 2.45) is 5.92 Å². The molecule has 6 rings (SSSR count). The van der Waals surface area contributed by atoms with Crippen molar-refractivity contribution >= 4 is 27.6 Å². The van der Waals surface area contributed by atoms with Crippen LogP contribution in [0, 0.1) is 17.2 Å². The summed E-state index contributed by atoms with van der Waals surface area (Å²) in [5.41, 5.74) is 6.84. The van der Waals surface area contributed by atoms with Crippen LogP contribution in [0.2, 0.25) is 0 Å². The normalized spacial score (nSPS) is 13.7. The van der Waals surface area contributed by atoms with E-state index in [4.69, 9.17) is 0 Å². The number of carbonyl (C=O) groups is 1. The molecule has 1 saturated carbocycles. The van der Waals surface area contributed by atoms with Gasteiger partial charge in [0.05, 0.1) is 28.7 Å². The molecule has 0 aliphatic heterocycles. The summed E-state index contributed by atoms with van der Waals surface area (Å²) in [4.78, 5) is 21.3. The first-order chi connectivity index (χ1) is 17.4. The van der Waals surface area contributed by atoms with Crippen LogP contribution >= 0.6 is 0 Å². The van der Waals surface area contributed by atoms with E-state index in [1.165, 1.54) is 0 Å². The molecule has 36 heavy (non-hydrogen) atoms. The maximum Gasteiger partial charge on any atom is 0.141 e. The Kier molecular flexibility index (Phi) is 5.15. The van der Waals surface area contributed by atoms with Crippen LogP contribution in [0.5, 0.6) is 0 Å². The van der Waals surface area contributed by atoms with Gasteiger partial charge in [0.25, 0.3) is 0 Å². The van der Waals surface area contributed by atoms with Crippen LogP contribution in [-0.4, -0.2) is 25.9 Å². The molecule has 5 aromatic rings. The lowest BCUT2D eigenvalue weighted by atomic mass is 9.86. The number of ketones is 1. The van der Waals surface area contributed by atoms with Gasteiger partial charge in [0.2, 0.25) is 0 Å². The molecule has 2 aromatic carbocycles. The third-order valence-electron chi connectivity index (χ3n) is 7.10. The number of nitrogens with zero attached hydrogens (tertiary/aromatic N) is 4. The van der Waals surface area contributed by atoms with Gasteiger partial charge in [-0.15, -0.1) is 0 Å². The summed E-state index contributed by atoms with van der Waals surface area (Å²) in [5.74, 6) is 0.547. The van der Waals surface area contributed by atoms with Gasteiger partial charge < -0.3 is 0 Å². The van der Waals surface area contributed by atoms with Gasteiger partial charge in [-0.25, -0.2) is 0 Å². The molecule has 0 bridgehead atoms. The first-order valence-corrected chi connectivity index (χ1v) is 12.2. The van der Waals surface area contributed by atoms with Crippen LogP contribution in [0.25, 0.3) is 44.2 Å². The fraction of sp³-hybridized carbons (Fsp3) is 0.233. The zero-order valence-corrected chi connectivity index (χ0v) is 20.2. The van der Waals surface area contributed by atoms with E-state index in [0.29, 0.717) is 12.2 Å². The number of nitrogens with one attached hydrogen (secondary N) is 1. The minimum atomic E-state index is -0.549. The van der Waals surface area contributed by atoms with E-state index >= 15 is 0 Å². The molecule has 1 N–H and O–H groups in total. The zero-order chi connectivity index (χ0) is 24.9. The summed E-state index contributed by atoms with van der Waals surface area (Å²) < 4.78 is 0. The minimum Gasteiger partial charge on any atom is -0.299 e. The van der Waals surface area contributed by atoms with E-state index in [1.807, 2.05) is 74.8 Å². The first kappa shape index (κ1) is 22.1. The van der Waals surface area contributed by atoms with Gasteiger partial charge in [0.1, 0.15) is 11.5 Å². The Morgan fingerprint density at radius 3 is 2.44 bits per heavy atom. The molecule has 0 amide bonds. The van der Waals surface area contributed by atoms with E-state index < -0.39 is 5.41 Å². The third kappa shape index (κ3) is 3.93. The van der Waals surface area contributed by atoms with E-state index in [2.05, 4.69) is 32.3 Å². The van der Waals surface area contributed by atoms with Crippen molar-refractivity contribution in [3.63, 3.8) is 0 Å². The van der Waals surface area contributed by atoms with Crippen molar-refractivity contribution in [2.75, 3.05) is 0 Å². The monoisotopic (exact) mass is 471 g/mol. The lowest BCUT2D eigenvalue weighted by Gasteiger charge is -2.15. The summed E-state index contributed by atoms with van der Waals surface area (Å²) >= 11 is 0. The molecule has 176 valence electrons. The second kappa shape index (κ2) is 8.39. The number of rotatable bonds is 6. The van der Waals surface area contributed by atoms with Crippen LogP contribution < -0.4 is 0 Å². The molecule has 3 heterocycles. The molecule has 3 aromatic heterocycles. The number of hydrogen-bond acceptors (Lipinski definition) is 5. The Bertz CT molecular complexity index is 1650. The van der Waals surface area contributed by atoms with Crippen molar-refractivity contribution < 1.29 is 4.79 Å². The van der Waals surface area contributed by atoms with Crippen molar-refractivity contribution in [1.82, 2.24) is 20.2 Å². The number of pyridine rings is 2. The number of H-pyrrole nitrogens is 1. The molecular weight excluding hydrogens is 446 g/mol. The topological polar surface area (TPSA) is 95.3 Å². The summed E-state index contributed by atoms with van der Waals surface area (Å²) in [7, 11) is 0. The minimum absolute atomic E-state index is 0.250. The Labute approximate surface area is 209 Å². The molecule has 6 heteroatoms. The van der Waals surface area contributed by atoms with E-state index in [-0.39, 0.29) is 5.92 Å². The molecule has 1 aliphatic rings. The quantitative estimate of drug-likeness (QED) is 0.320. The van der Waals surface area contributed by atoms with Gasteiger partial charge in [0, 0.05) is 46.1 Å². The highest BCUT2D eigenvalue weighted by atomic mass is 16.1. The summed E-state index contributed by atoms with van der Waals surface area (Å²) in [6.07, 6.45) is 6.11. The predicted octanol–water partition coefficient (Wildman–Crippen LogP) is 6.16. The van der Waals surface area contributed by atoms with Crippen molar-refractivity contribution in [1.29, 1.82) is 5.26 Å². The molecule has 0 unspecified atom stereocenters. The van der Waals surface area contributed by atoms with Crippen LogP contribution in [0.15, 0.2) is 67.0 Å². The fourth-order valence-electron chi connectivity index (χ4n) is 4.63. The molecule has 0 spiro atoms. The lowest BCUT2D eigenvalue weighted by molar-refractivity contribution is -0.119. The van der Waals surface area contributed by atoms with Gasteiger partial charge in [-0.05, 0) is 56.0 Å². The van der Waals surface area contributed by atoms with Crippen molar-refractivity contribution in [3.05, 3.63) is 78.2 Å². The second-order valence-corrected chi connectivity index (χ2v) is 10.1. The highest BCUT2D eigenvalue weighted by molar-refractivity contribution is 6.11. The maximum absolute atomic E-state index is 12.1. The second-order valence-electron chi connectivity index (χ2n) is 10.1. The summed E-state index contributed by atoms with van der Waals surface area (Å²) in [5, 5.41) is 19.2. The average Bonchev–Trinajstić information content (AvgIpc) is 3.67. The zero-order valence-electron chi connectivity index (χ0n) is 20.2. The van der Waals surface area contributed by atoms with Gasteiger partial charge in [-0.1, -0.05) is 36.4 Å². The first-order valence-electron chi connectivity index (χ1n) is 12.2. The smallest absolute Gasteiger partial charge is 0.141 e. The van der Waals surface area contributed by atoms with Crippen LogP contribution in [0.4, 0.5) is 0 Å². The standard InChI is InChI=1S/C30H25N5O/c1-30(2,17-31)22-9-5-19(6-10-22)29-28-24-13-20(8-12-25(24)33-16-26(28)34-35-29)21-7-11-23(32-15-21)14-27(36)18-3-4-18/h5-13,15-16,18H,3-4,14H2,1-2H3,(H,34,35). The molecule has 6 nitrogen and oxygen atoms in total. The number of aromatic nitrogens is 4. The SMILES string of the molecule is CC(C)(C#N)c1ccc(-c2n[nH]c3cnc4ccc(-c5ccc(CC(=O)C6CC6)nc5)cc4c23)cc1. The Hall–Kier alpha value is -4.37. The fourth-order valence-corrected chi connectivity index (χ4v) is 4.63. The van der Waals surface area contributed by atoms with Crippen molar-refractivity contribution in [2.45, 2.75) is 38.5 Å². The van der Waals surface area contributed by atoms with Crippen LogP contribution in [0.1, 0.15) is 37.9 Å². The molecule has 1 fully saturated rings. The number of benzene rings is 2. The summed E-state index contributed by atoms with van der Waals surface area (Å²) in [6, 6.07) is 20.6.